The van der Waals surface area contributed by atoms with E-state index in [-0.39, 0.29) is 34.1 Å². The van der Waals surface area contributed by atoms with Crippen LogP contribution in [-0.4, -0.2) is 29.1 Å². The predicted octanol–water partition coefficient (Wildman–Crippen LogP) is 7.05. The molecule has 0 aromatic heterocycles. The lowest BCUT2D eigenvalue weighted by Crippen LogP contribution is -2.68. The maximum absolute atomic E-state index is 13.7. The summed E-state index contributed by atoms with van der Waals surface area (Å²) < 4.78 is 0. The number of aliphatic hydroxyl groups excluding tert-OH is 1. The van der Waals surface area contributed by atoms with Gasteiger partial charge < -0.3 is 16.2 Å². The van der Waals surface area contributed by atoms with Crippen LogP contribution < -0.4 is 11.1 Å². The van der Waals surface area contributed by atoms with Crippen LogP contribution in [-0.2, 0) is 4.79 Å². The number of nitrogens with two attached hydrogens (primary N) is 1. The molecule has 9 unspecified atom stereocenters. The van der Waals surface area contributed by atoms with Gasteiger partial charge in [-0.3, -0.25) is 4.79 Å². The number of carbonyl (C=O) groups is 1. The molecule has 4 fully saturated rings. The van der Waals surface area contributed by atoms with E-state index < -0.39 is 11.0 Å². The van der Waals surface area contributed by atoms with Crippen LogP contribution in [0.2, 0.25) is 0 Å². The minimum absolute atomic E-state index is 0.0852. The zero-order chi connectivity index (χ0) is 28.1. The molecule has 9 atom stereocenters. The van der Waals surface area contributed by atoms with Gasteiger partial charge in [-0.15, -0.1) is 0 Å². The largest absolute Gasteiger partial charge is 0.515 e. The second-order valence-electron chi connectivity index (χ2n) is 14.7. The van der Waals surface area contributed by atoms with Crippen molar-refractivity contribution < 1.29 is 9.90 Å². The summed E-state index contributed by atoms with van der Waals surface area (Å²) in [6.45, 7) is 18.2. The normalized spacial score (nSPS) is 46.5. The van der Waals surface area contributed by atoms with Crippen molar-refractivity contribution in [2.24, 2.45) is 56.2 Å². The van der Waals surface area contributed by atoms with Crippen LogP contribution in [0.15, 0.2) is 29.7 Å². The first-order valence-corrected chi connectivity index (χ1v) is 15.1. The highest BCUT2D eigenvalue weighted by Gasteiger charge is 2.67. The summed E-state index contributed by atoms with van der Waals surface area (Å²) in [5.74, 6) is 1.57. The zero-order valence-corrected chi connectivity index (χ0v) is 24.8. The second kappa shape index (κ2) is 10.1. The van der Waals surface area contributed by atoms with Gasteiger partial charge in [0.1, 0.15) is 0 Å². The summed E-state index contributed by atoms with van der Waals surface area (Å²) in [6.07, 6.45) is 12.6. The van der Waals surface area contributed by atoms with Crippen molar-refractivity contribution in [3.8, 4) is 0 Å². The Bertz CT molecular complexity index is 973. The van der Waals surface area contributed by atoms with Crippen molar-refractivity contribution in [1.29, 1.82) is 0 Å². The van der Waals surface area contributed by atoms with Gasteiger partial charge in [0, 0.05) is 17.7 Å². The molecule has 4 aliphatic rings. The first-order valence-electron chi connectivity index (χ1n) is 15.1. The Morgan fingerprint density at radius 2 is 1.63 bits per heavy atom. The number of aliphatic hydroxyl groups is 1. The number of nitrogens with zero attached hydrogens (tertiary/aromatic N) is 1. The molecule has 0 heterocycles. The van der Waals surface area contributed by atoms with Gasteiger partial charge in [0.15, 0.2) is 0 Å². The molecular weight excluding hydrogens is 474 g/mol. The molecule has 4 N–H and O–H groups in total. The lowest BCUT2D eigenvalue weighted by atomic mass is 9.38. The molecule has 6 nitrogen and oxygen atoms in total. The van der Waals surface area contributed by atoms with E-state index in [1.54, 1.807) is 6.08 Å². The molecule has 0 aromatic carbocycles. The molecule has 38 heavy (non-hydrogen) atoms. The van der Waals surface area contributed by atoms with Gasteiger partial charge in [-0.1, -0.05) is 65.3 Å². The third-order valence-electron chi connectivity index (χ3n) is 12.9. The van der Waals surface area contributed by atoms with E-state index in [1.165, 1.54) is 0 Å². The molecule has 4 rings (SSSR count). The van der Waals surface area contributed by atoms with Crippen LogP contribution in [0.5, 0.6) is 0 Å². The third-order valence-corrected chi connectivity index (χ3v) is 12.9. The first-order chi connectivity index (χ1) is 17.8. The Labute approximate surface area is 230 Å². The van der Waals surface area contributed by atoms with Crippen molar-refractivity contribution >= 4 is 5.91 Å². The molecule has 1 amide bonds. The molecule has 214 valence electrons. The molecule has 4 saturated carbocycles. The van der Waals surface area contributed by atoms with E-state index in [4.69, 9.17) is 5.73 Å². The maximum Gasteiger partial charge on any atom is 0.226 e. The van der Waals surface area contributed by atoms with E-state index in [0.717, 1.165) is 70.5 Å². The number of hydrogen-bond donors (Lipinski definition) is 3. The fraction of sp³-hybridized carbons (Fsp3) is 0.844. The lowest BCUT2D eigenvalue weighted by Gasteiger charge is -2.67. The SMILES string of the molecule is C=C/C(=C\O)CNC(=O)C12CCCC1C(C)(N)C(C1(C)CCC3C(C)(C)C(N=O)CCC3(C)C1CC)CC2. The van der Waals surface area contributed by atoms with Crippen LogP contribution in [0, 0.1) is 50.2 Å². The average Bonchev–Trinajstić information content (AvgIpc) is 3.31. The van der Waals surface area contributed by atoms with Crippen LogP contribution in [0.4, 0.5) is 0 Å². The predicted molar refractivity (Wildman–Crippen MR) is 154 cm³/mol. The van der Waals surface area contributed by atoms with Crippen LogP contribution >= 0.6 is 0 Å². The van der Waals surface area contributed by atoms with Gasteiger partial charge in [0.2, 0.25) is 5.91 Å². The number of amides is 1. The quantitative estimate of drug-likeness (QED) is 0.187. The molecule has 0 bridgehead atoms. The minimum Gasteiger partial charge on any atom is -0.515 e. The summed E-state index contributed by atoms with van der Waals surface area (Å²) in [5, 5.41) is 16.1. The van der Waals surface area contributed by atoms with E-state index in [2.05, 4.69) is 58.6 Å². The number of rotatable bonds is 7. The molecule has 0 aromatic rings. The molecular formula is C32H53N3O3. The Hall–Kier alpha value is -1.69. The van der Waals surface area contributed by atoms with Crippen molar-refractivity contribution in [3.05, 3.63) is 29.4 Å². The number of nitroso groups, excluding NO2 is 1. The molecule has 4 aliphatic carbocycles. The summed E-state index contributed by atoms with van der Waals surface area (Å²) in [7, 11) is 0. The van der Waals surface area contributed by atoms with Crippen molar-refractivity contribution in [2.75, 3.05) is 6.54 Å². The zero-order valence-electron chi connectivity index (χ0n) is 24.8. The highest BCUT2D eigenvalue weighted by atomic mass is 16.3. The van der Waals surface area contributed by atoms with E-state index in [1.807, 2.05) is 0 Å². The number of hydrogen-bond acceptors (Lipinski definition) is 5. The standard InChI is InChI=1S/C32H53N3O3/c1-8-21(20-36)19-34-27(37)32-15-10-11-25(32)31(7,33)24(13-18-32)30(6)16-12-23-28(3,4)26(35-38)14-17-29(23,5)22(30)9-2/h8,20,22-26,36H,1,9-19,33H2,2-7H3,(H,34,37)/b21-20+. The number of nitrogens with one attached hydrogen (secondary N) is 1. The van der Waals surface area contributed by atoms with Crippen molar-refractivity contribution in [1.82, 2.24) is 5.32 Å². The fourth-order valence-corrected chi connectivity index (χ4v) is 11.3. The Balaban J connectivity index is 1.64. The van der Waals surface area contributed by atoms with Gasteiger partial charge in [-0.05, 0) is 98.2 Å². The average molecular weight is 528 g/mol. The Morgan fingerprint density at radius 3 is 2.24 bits per heavy atom. The molecule has 0 aliphatic heterocycles. The highest BCUT2D eigenvalue weighted by molar-refractivity contribution is 5.84. The van der Waals surface area contributed by atoms with E-state index in [0.29, 0.717) is 29.9 Å². The topological polar surface area (TPSA) is 105 Å². The number of fused-ring (bicyclic) bond motifs is 2. The van der Waals surface area contributed by atoms with Crippen LogP contribution in [0.1, 0.15) is 106 Å². The van der Waals surface area contributed by atoms with Crippen molar-refractivity contribution in [3.63, 3.8) is 0 Å². The van der Waals surface area contributed by atoms with Crippen LogP contribution in [0.3, 0.4) is 0 Å². The third kappa shape index (κ3) is 4.10. The second-order valence-corrected chi connectivity index (χ2v) is 14.7. The Morgan fingerprint density at radius 1 is 1.00 bits per heavy atom. The summed E-state index contributed by atoms with van der Waals surface area (Å²) in [4.78, 5) is 25.5. The smallest absolute Gasteiger partial charge is 0.226 e. The monoisotopic (exact) mass is 527 g/mol. The fourth-order valence-electron chi connectivity index (χ4n) is 11.3. The first kappa shape index (κ1) is 29.3. The molecule has 0 radical (unpaired) electrons. The van der Waals surface area contributed by atoms with Crippen LogP contribution in [0.25, 0.3) is 0 Å². The lowest BCUT2D eigenvalue weighted by molar-refractivity contribution is -0.179. The van der Waals surface area contributed by atoms with E-state index >= 15 is 0 Å². The summed E-state index contributed by atoms with van der Waals surface area (Å²) in [6, 6.07) is -0.100. The summed E-state index contributed by atoms with van der Waals surface area (Å²) >= 11 is 0. The Kier molecular flexibility index (Phi) is 7.75. The summed E-state index contributed by atoms with van der Waals surface area (Å²) in [5.41, 5.74) is 7.36. The van der Waals surface area contributed by atoms with Gasteiger partial charge in [-0.25, -0.2) is 0 Å². The maximum atomic E-state index is 13.7. The van der Waals surface area contributed by atoms with Gasteiger partial charge in [0.25, 0.3) is 0 Å². The molecule has 0 saturated heterocycles. The minimum atomic E-state index is -0.442. The highest BCUT2D eigenvalue weighted by Crippen LogP contribution is 2.70. The van der Waals surface area contributed by atoms with E-state index in [9.17, 15) is 14.8 Å². The van der Waals surface area contributed by atoms with Gasteiger partial charge in [0.05, 0.1) is 17.7 Å². The van der Waals surface area contributed by atoms with Gasteiger partial charge >= 0.3 is 0 Å². The van der Waals surface area contributed by atoms with Gasteiger partial charge in [-0.2, -0.15) is 4.91 Å². The number of carbonyl (C=O) groups excluding carboxylic acids is 1. The van der Waals surface area contributed by atoms with Crippen molar-refractivity contribution in [2.45, 2.75) is 117 Å². The molecule has 0 spiro atoms. The molecule has 6 heteroatoms.